The van der Waals surface area contributed by atoms with Crippen LogP contribution in [0.5, 0.6) is 0 Å². The van der Waals surface area contributed by atoms with Gasteiger partial charge in [-0.3, -0.25) is 0 Å². The van der Waals surface area contributed by atoms with E-state index in [1.54, 1.807) is 0 Å². The molecule has 2 saturated carbocycles. The average Bonchev–Trinajstić information content (AvgIpc) is 3.43. The largest absolute Gasteiger partial charge is 0.378 e. The van der Waals surface area contributed by atoms with Crippen LogP contribution in [0.1, 0.15) is 148 Å². The molecule has 0 amide bonds. The van der Waals surface area contributed by atoms with Crippen LogP contribution in [0.15, 0.2) is 0 Å². The summed E-state index contributed by atoms with van der Waals surface area (Å²) in [5.74, 6) is 0.854. The summed E-state index contributed by atoms with van der Waals surface area (Å²) in [5, 5.41) is 0. The second-order valence-corrected chi connectivity index (χ2v) is 10.3. The van der Waals surface area contributed by atoms with Crippen molar-refractivity contribution in [2.75, 3.05) is 13.2 Å². The highest BCUT2D eigenvalue weighted by molar-refractivity contribution is 4.76. The molecule has 0 saturated heterocycles. The smallest absolute Gasteiger partial charge is 0.0577 e. The van der Waals surface area contributed by atoms with E-state index in [1.807, 2.05) is 0 Å². The minimum Gasteiger partial charge on any atom is -0.378 e. The lowest BCUT2D eigenvalue weighted by molar-refractivity contribution is 0.0400. The van der Waals surface area contributed by atoms with E-state index in [2.05, 4.69) is 6.92 Å². The lowest BCUT2D eigenvalue weighted by atomic mass is 10.0. The molecule has 2 aliphatic rings. The fourth-order valence-electron chi connectivity index (χ4n) is 5.45. The summed E-state index contributed by atoms with van der Waals surface area (Å²) in [7, 11) is 0. The number of rotatable bonds is 20. The van der Waals surface area contributed by atoms with Crippen molar-refractivity contribution >= 4 is 0 Å². The van der Waals surface area contributed by atoms with Gasteiger partial charge in [0, 0.05) is 13.2 Å². The van der Waals surface area contributed by atoms with Crippen LogP contribution in [0.2, 0.25) is 0 Å². The Hall–Kier alpha value is -0.0800. The van der Waals surface area contributed by atoms with Crippen LogP contribution in [-0.2, 0) is 9.47 Å². The molecule has 0 spiro atoms. The molecule has 2 unspecified atom stereocenters. The highest BCUT2D eigenvalue weighted by Crippen LogP contribution is 2.31. The normalized spacial score (nSPS) is 22.3. The molecule has 2 atom stereocenters. The highest BCUT2D eigenvalue weighted by atomic mass is 16.5. The quantitative estimate of drug-likeness (QED) is 0.182. The van der Waals surface area contributed by atoms with Crippen molar-refractivity contribution in [2.45, 2.75) is 160 Å². The van der Waals surface area contributed by atoms with Crippen LogP contribution < -0.4 is 0 Å². The Labute approximate surface area is 189 Å². The van der Waals surface area contributed by atoms with Crippen molar-refractivity contribution in [2.24, 2.45) is 5.92 Å². The Balaban J connectivity index is 1.26. The molecule has 2 heteroatoms. The summed E-state index contributed by atoms with van der Waals surface area (Å²) >= 11 is 0. The van der Waals surface area contributed by atoms with Gasteiger partial charge in [-0.05, 0) is 50.9 Å². The van der Waals surface area contributed by atoms with Crippen LogP contribution in [0.3, 0.4) is 0 Å². The molecule has 0 aromatic heterocycles. The summed E-state index contributed by atoms with van der Waals surface area (Å²) in [6, 6.07) is 0. The zero-order chi connectivity index (χ0) is 21.1. The molecule has 2 aliphatic carbocycles. The lowest BCUT2D eigenvalue weighted by Crippen LogP contribution is -2.12. The Kier molecular flexibility index (Phi) is 16.1. The van der Waals surface area contributed by atoms with Gasteiger partial charge in [0.25, 0.3) is 0 Å². The van der Waals surface area contributed by atoms with Crippen molar-refractivity contribution in [1.82, 2.24) is 0 Å². The number of hydrogen-bond donors (Lipinski definition) is 0. The minimum absolute atomic E-state index is 0.545. The first-order valence-corrected chi connectivity index (χ1v) is 14.1. The molecule has 30 heavy (non-hydrogen) atoms. The summed E-state index contributed by atoms with van der Waals surface area (Å²) < 4.78 is 12.2. The third-order valence-corrected chi connectivity index (χ3v) is 7.53. The molecule has 0 bridgehead atoms. The average molecular weight is 423 g/mol. The van der Waals surface area contributed by atoms with E-state index in [9.17, 15) is 0 Å². The topological polar surface area (TPSA) is 18.5 Å². The van der Waals surface area contributed by atoms with Crippen LogP contribution in [0, 0.1) is 5.92 Å². The van der Waals surface area contributed by atoms with Crippen molar-refractivity contribution in [3.63, 3.8) is 0 Å². The van der Waals surface area contributed by atoms with E-state index in [-0.39, 0.29) is 0 Å². The summed E-state index contributed by atoms with van der Waals surface area (Å²) in [5.41, 5.74) is 0. The molecular weight excluding hydrogens is 368 g/mol. The molecule has 0 aromatic rings. The SMILES string of the molecule is CCCCCCCCCCCCCCCCOC1CCC(CCOC2CCCC2)C1. The minimum atomic E-state index is 0.545. The van der Waals surface area contributed by atoms with Gasteiger partial charge >= 0.3 is 0 Å². The lowest BCUT2D eigenvalue weighted by Gasteiger charge is -2.15. The van der Waals surface area contributed by atoms with Gasteiger partial charge in [-0.25, -0.2) is 0 Å². The van der Waals surface area contributed by atoms with E-state index in [4.69, 9.17) is 9.47 Å². The standard InChI is InChI=1S/C28H54O2/c1-2-3-4-5-6-7-8-9-10-11-12-13-14-17-23-29-28-21-20-26(25-28)22-24-30-27-18-15-16-19-27/h26-28H,2-25H2,1H3. The maximum atomic E-state index is 6.18. The fourth-order valence-corrected chi connectivity index (χ4v) is 5.45. The molecule has 0 N–H and O–H groups in total. The van der Waals surface area contributed by atoms with Crippen molar-refractivity contribution in [1.29, 1.82) is 0 Å². The van der Waals surface area contributed by atoms with Gasteiger partial charge in [0.15, 0.2) is 0 Å². The van der Waals surface area contributed by atoms with Crippen LogP contribution in [-0.4, -0.2) is 25.4 Å². The van der Waals surface area contributed by atoms with Gasteiger partial charge in [0.1, 0.15) is 0 Å². The molecular formula is C28H54O2. The van der Waals surface area contributed by atoms with E-state index < -0.39 is 0 Å². The van der Waals surface area contributed by atoms with Crippen LogP contribution in [0.25, 0.3) is 0 Å². The Morgan fingerprint density at radius 2 is 1.07 bits per heavy atom. The first-order valence-electron chi connectivity index (χ1n) is 14.1. The summed E-state index contributed by atoms with van der Waals surface area (Å²) in [6.45, 7) is 4.28. The van der Waals surface area contributed by atoms with Gasteiger partial charge in [0.05, 0.1) is 12.2 Å². The maximum Gasteiger partial charge on any atom is 0.0577 e. The highest BCUT2D eigenvalue weighted by Gasteiger charge is 2.25. The third-order valence-electron chi connectivity index (χ3n) is 7.53. The van der Waals surface area contributed by atoms with Gasteiger partial charge in [-0.2, -0.15) is 0 Å². The van der Waals surface area contributed by atoms with Gasteiger partial charge in [-0.15, -0.1) is 0 Å². The van der Waals surface area contributed by atoms with E-state index >= 15 is 0 Å². The van der Waals surface area contributed by atoms with Gasteiger partial charge in [0.2, 0.25) is 0 Å². The fraction of sp³-hybridized carbons (Fsp3) is 1.00. The predicted molar refractivity (Wildman–Crippen MR) is 130 cm³/mol. The number of hydrogen-bond acceptors (Lipinski definition) is 2. The molecule has 0 aliphatic heterocycles. The molecule has 2 rings (SSSR count). The monoisotopic (exact) mass is 422 g/mol. The first kappa shape index (κ1) is 26.2. The van der Waals surface area contributed by atoms with E-state index in [1.165, 1.54) is 141 Å². The number of unbranched alkanes of at least 4 members (excludes halogenated alkanes) is 13. The van der Waals surface area contributed by atoms with Gasteiger partial charge < -0.3 is 9.47 Å². The van der Waals surface area contributed by atoms with Crippen molar-refractivity contribution in [3.05, 3.63) is 0 Å². The summed E-state index contributed by atoms with van der Waals surface area (Å²) in [4.78, 5) is 0. The summed E-state index contributed by atoms with van der Waals surface area (Å²) in [6.07, 6.45) is 31.6. The Morgan fingerprint density at radius 1 is 0.533 bits per heavy atom. The van der Waals surface area contributed by atoms with E-state index in [0.29, 0.717) is 12.2 Å². The molecule has 0 heterocycles. The molecule has 0 radical (unpaired) electrons. The van der Waals surface area contributed by atoms with E-state index in [0.717, 1.165) is 19.1 Å². The molecule has 2 fully saturated rings. The zero-order valence-electron chi connectivity index (χ0n) is 20.5. The van der Waals surface area contributed by atoms with Crippen LogP contribution in [0.4, 0.5) is 0 Å². The Bertz CT molecular complexity index is 364. The second-order valence-electron chi connectivity index (χ2n) is 10.3. The second kappa shape index (κ2) is 18.5. The molecule has 0 aromatic carbocycles. The van der Waals surface area contributed by atoms with Gasteiger partial charge in [-0.1, -0.05) is 103 Å². The van der Waals surface area contributed by atoms with Crippen molar-refractivity contribution < 1.29 is 9.47 Å². The van der Waals surface area contributed by atoms with Crippen LogP contribution >= 0.6 is 0 Å². The zero-order valence-corrected chi connectivity index (χ0v) is 20.5. The maximum absolute atomic E-state index is 6.18. The Morgan fingerprint density at radius 3 is 1.67 bits per heavy atom. The first-order chi connectivity index (χ1) is 14.9. The predicted octanol–water partition coefficient (Wildman–Crippen LogP) is 9.00. The van der Waals surface area contributed by atoms with Crippen molar-refractivity contribution in [3.8, 4) is 0 Å². The number of ether oxygens (including phenoxy) is 2. The molecule has 178 valence electrons. The third kappa shape index (κ3) is 13.4. The molecule has 2 nitrogen and oxygen atoms in total.